The van der Waals surface area contributed by atoms with Gasteiger partial charge in [0.05, 0.1) is 54.0 Å². The number of unbranched alkanes of at least 4 members (excludes halogenated alkanes) is 4. The third kappa shape index (κ3) is 12.4. The molecule has 22 fully saturated rings. The Morgan fingerprint density at radius 2 is 0.600 bits per heavy atom. The Labute approximate surface area is 782 Å². The molecule has 0 aliphatic heterocycles. The molecular formula is C120H166O10. The van der Waals surface area contributed by atoms with Crippen LogP contribution < -0.4 is 4.74 Å². The van der Waals surface area contributed by atoms with Gasteiger partial charge in [0.2, 0.25) is 0 Å². The van der Waals surface area contributed by atoms with Crippen LogP contribution >= 0.6 is 0 Å². The minimum atomic E-state index is -0.226. The average Bonchev–Trinajstić information content (AvgIpc) is 1.49. The molecule has 29 rings (SSSR count). The van der Waals surface area contributed by atoms with Gasteiger partial charge < -0.3 is 23.7 Å². The van der Waals surface area contributed by atoms with Crippen molar-refractivity contribution in [3.8, 4) is 5.75 Å². The fourth-order valence-corrected chi connectivity index (χ4v) is 45.4. The zero-order valence-corrected chi connectivity index (χ0v) is 81.8. The quantitative estimate of drug-likeness (QED) is 0.0276. The first kappa shape index (κ1) is 87.8. The van der Waals surface area contributed by atoms with Crippen LogP contribution in [0.5, 0.6) is 5.75 Å². The number of ether oxygens (including phenoxy) is 5. The molecule has 28 aliphatic rings. The van der Waals surface area contributed by atoms with Crippen molar-refractivity contribution in [3.05, 3.63) is 103 Å². The van der Waals surface area contributed by atoms with Gasteiger partial charge in [0.15, 0.2) is 0 Å². The van der Waals surface area contributed by atoms with E-state index in [9.17, 15) is 24.0 Å². The molecule has 0 radical (unpaired) electrons. The van der Waals surface area contributed by atoms with E-state index in [4.69, 9.17) is 23.7 Å². The Hall–Kier alpha value is -4.99. The lowest BCUT2D eigenvalue weighted by Gasteiger charge is -2.49. The van der Waals surface area contributed by atoms with Gasteiger partial charge in [-0.2, -0.15) is 0 Å². The second kappa shape index (κ2) is 32.8. The SMILES string of the molecule is CCC1(C(=O)OC)CC2CC1C1C3CC(C4C5C=CC(C5)C34)C21.CCCCC1(C(=O)Oc2ccccc2)CC2CC1C1C3C=CC(C3)C21.CCCCCC1(CCCC)CC2CC1C1C3C=CC(C3)C21.CCOC(=O)C1(C)CC2CC1C1C3C=CC(C3)C21.CCOC(=O)C1(CC)CC2CC1C1C3C=CC(C3)C21.CCOC(=O)C1(CC)CC2CC1C1C3CC(C4C5C=CC(C5)C34)C21. The number of esters is 5. The number of para-hydroxylation sites is 1. The van der Waals surface area contributed by atoms with Crippen LogP contribution in [-0.4, -0.2) is 56.8 Å². The number of hydrogen-bond acceptors (Lipinski definition) is 10. The summed E-state index contributed by atoms with van der Waals surface area (Å²) in [4.78, 5) is 63.8. The minimum Gasteiger partial charge on any atom is -0.469 e. The van der Waals surface area contributed by atoms with Gasteiger partial charge >= 0.3 is 29.8 Å². The van der Waals surface area contributed by atoms with E-state index in [1.54, 1.807) is 32.8 Å². The predicted molar refractivity (Wildman–Crippen MR) is 509 cm³/mol. The number of carbonyl (C=O) groups excluding carboxylic acids is 5. The molecule has 0 saturated heterocycles. The first-order valence-electron chi connectivity index (χ1n) is 56.2. The second-order valence-electron chi connectivity index (χ2n) is 51.4. The molecule has 22 saturated carbocycles. The summed E-state index contributed by atoms with van der Waals surface area (Å²) in [5.41, 5.74) is -0.0328. The average molecular weight is 1770 g/mol. The van der Waals surface area contributed by atoms with E-state index in [-0.39, 0.29) is 56.9 Å². The molecule has 0 spiro atoms. The summed E-state index contributed by atoms with van der Waals surface area (Å²) >= 11 is 0. The molecule has 0 aromatic heterocycles. The number of carbonyl (C=O) groups is 5. The minimum absolute atomic E-state index is 0.0600. The van der Waals surface area contributed by atoms with E-state index in [1.807, 2.05) is 51.1 Å². The molecule has 0 N–H and O–H groups in total. The molecule has 1 aromatic carbocycles. The van der Waals surface area contributed by atoms with Gasteiger partial charge in [-0.05, 0) is 473 Å². The van der Waals surface area contributed by atoms with Crippen molar-refractivity contribution in [1.82, 2.24) is 0 Å². The molecule has 0 heterocycles. The summed E-state index contributed by atoms with van der Waals surface area (Å²) in [6.07, 6.45) is 73.5. The van der Waals surface area contributed by atoms with E-state index in [0.717, 1.165) is 307 Å². The highest BCUT2D eigenvalue weighted by Crippen LogP contribution is 2.83. The molecule has 10 nitrogen and oxygen atoms in total. The third-order valence-corrected chi connectivity index (χ3v) is 48.4. The van der Waals surface area contributed by atoms with Crippen LogP contribution in [0.3, 0.4) is 0 Å². The number of rotatable bonds is 22. The van der Waals surface area contributed by atoms with Gasteiger partial charge in [-0.1, -0.05) is 178 Å². The van der Waals surface area contributed by atoms with Crippen molar-refractivity contribution in [2.45, 2.75) is 281 Å². The number of hydrogen-bond donors (Lipinski definition) is 0. The zero-order chi connectivity index (χ0) is 88.9. The molecule has 10 heteroatoms. The first-order valence-corrected chi connectivity index (χ1v) is 56.2. The Morgan fingerprint density at radius 3 is 1.02 bits per heavy atom. The van der Waals surface area contributed by atoms with Crippen LogP contribution in [0.1, 0.15) is 281 Å². The highest BCUT2D eigenvalue weighted by Gasteiger charge is 2.79. The molecule has 706 valence electrons. The fraction of sp³-hybridized carbons (Fsp3) is 0.808. The van der Waals surface area contributed by atoms with Crippen molar-refractivity contribution < 1.29 is 47.7 Å². The van der Waals surface area contributed by atoms with Crippen molar-refractivity contribution >= 4 is 29.8 Å². The first-order chi connectivity index (χ1) is 63.3. The number of fused-ring (bicyclic) bond motifs is 68. The molecule has 28 aliphatic carbocycles. The van der Waals surface area contributed by atoms with Crippen LogP contribution in [0.4, 0.5) is 0 Å². The topological polar surface area (TPSA) is 132 Å². The van der Waals surface area contributed by atoms with Crippen molar-refractivity contribution in [2.75, 3.05) is 26.9 Å². The predicted octanol–water partition coefficient (Wildman–Crippen LogP) is 26.1. The lowest BCUT2D eigenvalue weighted by molar-refractivity contribution is -0.164. The standard InChI is InChI=1S/C23H28O2.C22H30O2.C21H28O2.C21H34.C17H24O2.C16H22O2/c1-2-3-11-23(22(24)25-18-7-5-4-6-8-18)14-17-13-19(23)21-16-10-9-15(12-16)20(17)21;1-3-22(21(23)24-4-2)10-13-8-16(22)20-15-9-14(19(13)20)17-11-5-6-12(7-11)18(15)17;1-3-21(20(22)23-2)9-12-7-15(21)19-14-8-13(18(12)19)16-10-4-5-11(6-10)17(14)16;1-3-5-7-11-21(10-6-4-2)14-17-13-18(21)20-16-9-8-15(12-16)19(17)20;1-3-17(16(18)19-4-2)9-12-8-13(17)15-11-6-5-10(7-11)14(12)15;1-3-18-15(17)16(2)8-11-7-12(16)14-10-5-4-9(6-10)13(11)14/h4-10,15-17,19-21H,2-3,11-14H2,1H3;5-6,11-20H,3-4,7-10H2,1-2H3;4-5,10-19H,3,6-9H2,1-2H3;8-9,15-20H,3-7,10-14H2,1-2H3;5-6,10-15H,3-4,7-9H2,1-2H3;4-5,9-14H,3,6-8H2,1-2H3. The lowest BCUT2D eigenvalue weighted by Crippen LogP contribution is -2.48. The van der Waals surface area contributed by atoms with Gasteiger partial charge in [-0.3, -0.25) is 24.0 Å². The molecule has 50 unspecified atom stereocenters. The Kier molecular flexibility index (Phi) is 22.2. The van der Waals surface area contributed by atoms with E-state index in [0.29, 0.717) is 55.2 Å². The van der Waals surface area contributed by atoms with Crippen LogP contribution in [0.25, 0.3) is 0 Å². The van der Waals surface area contributed by atoms with Gasteiger partial charge in [-0.25, -0.2) is 0 Å². The monoisotopic (exact) mass is 1770 g/mol. The molecule has 50 atom stereocenters. The molecular weight excluding hydrogens is 1600 g/mol. The maximum absolute atomic E-state index is 13.4. The normalized spacial score (nSPS) is 53.8. The van der Waals surface area contributed by atoms with E-state index in [1.165, 1.54) is 116 Å². The van der Waals surface area contributed by atoms with Crippen molar-refractivity contribution in [2.24, 2.45) is 293 Å². The molecule has 28 bridgehead atoms. The fourth-order valence-electron chi connectivity index (χ4n) is 45.4. The summed E-state index contributed by atoms with van der Waals surface area (Å²) in [6.45, 7) is 23.2. The van der Waals surface area contributed by atoms with Crippen LogP contribution in [0.15, 0.2) is 103 Å². The summed E-state index contributed by atoms with van der Waals surface area (Å²) in [5.74, 6) is 39.4. The summed E-state index contributed by atoms with van der Waals surface area (Å²) in [5, 5.41) is 0. The van der Waals surface area contributed by atoms with Gasteiger partial charge in [0.25, 0.3) is 0 Å². The maximum Gasteiger partial charge on any atom is 0.317 e. The van der Waals surface area contributed by atoms with E-state index < -0.39 is 0 Å². The third-order valence-electron chi connectivity index (χ3n) is 48.4. The van der Waals surface area contributed by atoms with Crippen LogP contribution in [0.2, 0.25) is 0 Å². The van der Waals surface area contributed by atoms with Crippen LogP contribution in [0, 0.1) is 293 Å². The van der Waals surface area contributed by atoms with Gasteiger partial charge in [-0.15, -0.1) is 0 Å². The van der Waals surface area contributed by atoms with Gasteiger partial charge in [0.1, 0.15) is 5.75 Å². The van der Waals surface area contributed by atoms with Crippen molar-refractivity contribution in [3.63, 3.8) is 0 Å². The van der Waals surface area contributed by atoms with Gasteiger partial charge in [0, 0.05) is 0 Å². The maximum atomic E-state index is 13.4. The molecule has 130 heavy (non-hydrogen) atoms. The molecule has 0 amide bonds. The van der Waals surface area contributed by atoms with E-state index in [2.05, 4.69) is 121 Å². The smallest absolute Gasteiger partial charge is 0.317 e. The Morgan fingerprint density at radius 1 is 0.285 bits per heavy atom. The number of benzene rings is 1. The second-order valence-corrected chi connectivity index (χ2v) is 51.4. The van der Waals surface area contributed by atoms with E-state index >= 15 is 0 Å². The summed E-state index contributed by atoms with van der Waals surface area (Å²) in [6, 6.07) is 9.66. The lowest BCUT2D eigenvalue weighted by atomic mass is 9.55. The highest BCUT2D eigenvalue weighted by molar-refractivity contribution is 5.82. The Balaban J connectivity index is 0.0000000867. The summed E-state index contributed by atoms with van der Waals surface area (Å²) in [7, 11) is 1.60. The largest absolute Gasteiger partial charge is 0.469 e. The highest BCUT2D eigenvalue weighted by atomic mass is 16.5. The van der Waals surface area contributed by atoms with Crippen LogP contribution in [-0.2, 0) is 42.9 Å². The zero-order valence-electron chi connectivity index (χ0n) is 81.8. The number of methoxy groups -OCH3 is 1. The van der Waals surface area contributed by atoms with Crippen molar-refractivity contribution in [1.29, 1.82) is 0 Å². The Bertz CT molecular complexity index is 4680. The molecule has 1 aromatic rings. The summed E-state index contributed by atoms with van der Waals surface area (Å²) < 4.78 is 27.6. The number of allylic oxidation sites excluding steroid dienone is 12.